The fraction of sp³-hybridized carbons (Fsp3) is 0.190. The number of benzene rings is 2. The van der Waals surface area contributed by atoms with Crippen molar-refractivity contribution in [3.05, 3.63) is 77.7 Å². The van der Waals surface area contributed by atoms with Gasteiger partial charge >= 0.3 is 6.01 Å². The first-order chi connectivity index (χ1) is 14.1. The molecular formula is C21H18N4O4. The minimum absolute atomic E-state index is 0.0824. The highest BCUT2D eigenvalue weighted by Gasteiger charge is 2.30. The van der Waals surface area contributed by atoms with Gasteiger partial charge < -0.3 is 4.42 Å². The molecule has 1 aromatic heterocycles. The van der Waals surface area contributed by atoms with Gasteiger partial charge in [0, 0.05) is 12.8 Å². The van der Waals surface area contributed by atoms with Gasteiger partial charge in [-0.15, -0.1) is 5.10 Å². The van der Waals surface area contributed by atoms with Crippen LogP contribution >= 0.6 is 0 Å². The Morgan fingerprint density at radius 2 is 1.48 bits per heavy atom. The third-order valence-electron chi connectivity index (χ3n) is 4.67. The van der Waals surface area contributed by atoms with Gasteiger partial charge in [-0.25, -0.2) is 0 Å². The van der Waals surface area contributed by atoms with Crippen molar-refractivity contribution < 1.29 is 18.8 Å². The zero-order chi connectivity index (χ0) is 20.2. The fourth-order valence-electron chi connectivity index (χ4n) is 3.27. The van der Waals surface area contributed by atoms with Crippen LogP contribution in [-0.2, 0) is 20.9 Å². The molecular weight excluding hydrogens is 372 g/mol. The van der Waals surface area contributed by atoms with Crippen LogP contribution in [0.3, 0.4) is 0 Å². The first-order valence-corrected chi connectivity index (χ1v) is 9.18. The summed E-state index contributed by atoms with van der Waals surface area (Å²) in [5.41, 5.74) is 1.65. The molecule has 8 heteroatoms. The maximum atomic E-state index is 13.0. The monoisotopic (exact) mass is 390 g/mol. The average molecular weight is 390 g/mol. The molecule has 8 nitrogen and oxygen atoms in total. The van der Waals surface area contributed by atoms with E-state index in [9.17, 15) is 14.4 Å². The van der Waals surface area contributed by atoms with E-state index in [2.05, 4.69) is 15.5 Å². The molecule has 0 bridgehead atoms. The normalized spacial score (nSPS) is 13.9. The van der Waals surface area contributed by atoms with Gasteiger partial charge in [-0.2, -0.15) is 0 Å². The Balaban J connectivity index is 1.52. The number of aromatic nitrogens is 2. The van der Waals surface area contributed by atoms with Gasteiger partial charge in [-0.1, -0.05) is 65.8 Å². The highest BCUT2D eigenvalue weighted by Crippen LogP contribution is 2.26. The van der Waals surface area contributed by atoms with Crippen LogP contribution in [-0.4, -0.2) is 32.8 Å². The maximum absolute atomic E-state index is 13.0. The summed E-state index contributed by atoms with van der Waals surface area (Å²) in [4.78, 5) is 37.5. The van der Waals surface area contributed by atoms with Crippen LogP contribution in [0.2, 0.25) is 0 Å². The molecule has 1 N–H and O–H groups in total. The minimum atomic E-state index is -0.561. The quantitative estimate of drug-likeness (QED) is 0.648. The van der Waals surface area contributed by atoms with E-state index in [4.69, 9.17) is 4.42 Å². The van der Waals surface area contributed by atoms with Gasteiger partial charge in [0.05, 0.1) is 5.92 Å². The van der Waals surface area contributed by atoms with Crippen LogP contribution in [0.4, 0.5) is 6.01 Å². The van der Waals surface area contributed by atoms with Crippen molar-refractivity contribution in [3.8, 4) is 0 Å². The van der Waals surface area contributed by atoms with E-state index in [1.54, 1.807) is 0 Å². The topological polar surface area (TPSA) is 105 Å². The number of hydrogen-bond donors (Lipinski definition) is 1. The zero-order valence-corrected chi connectivity index (χ0v) is 15.4. The standard InChI is InChI=1S/C21H18N4O4/c26-17-11-12-18(27)25(17)13-16-23-24-21(29-16)22-20(28)19(14-7-3-1-4-8-14)15-9-5-2-6-10-15/h1-10,19H,11-13H2,(H,22,24,28). The second kappa shape index (κ2) is 8.05. The summed E-state index contributed by atoms with van der Waals surface area (Å²) < 4.78 is 5.43. The molecule has 1 aliphatic heterocycles. The number of imide groups is 1. The number of nitrogens with one attached hydrogen (secondary N) is 1. The molecule has 3 aromatic rings. The van der Waals surface area contributed by atoms with Crippen molar-refractivity contribution in [2.45, 2.75) is 25.3 Å². The van der Waals surface area contributed by atoms with E-state index in [1.165, 1.54) is 0 Å². The average Bonchev–Trinajstić information content (AvgIpc) is 3.31. The van der Waals surface area contributed by atoms with Gasteiger partial charge in [0.25, 0.3) is 0 Å². The van der Waals surface area contributed by atoms with E-state index in [-0.39, 0.29) is 49.0 Å². The number of anilines is 1. The SMILES string of the molecule is O=C(Nc1nnc(CN2C(=O)CCC2=O)o1)C(c1ccccc1)c1ccccc1. The number of hydrogen-bond acceptors (Lipinski definition) is 6. The van der Waals surface area contributed by atoms with Gasteiger partial charge in [0.2, 0.25) is 23.6 Å². The number of carbonyl (C=O) groups is 3. The Morgan fingerprint density at radius 1 is 0.931 bits per heavy atom. The summed E-state index contributed by atoms with van der Waals surface area (Å²) in [5, 5.41) is 10.3. The Morgan fingerprint density at radius 3 is 2.03 bits per heavy atom. The predicted octanol–water partition coefficient (Wildman–Crippen LogP) is 2.49. The van der Waals surface area contributed by atoms with Crippen molar-refractivity contribution in [2.24, 2.45) is 0 Å². The second-order valence-electron chi connectivity index (χ2n) is 6.62. The van der Waals surface area contributed by atoms with Gasteiger partial charge in [-0.3, -0.25) is 24.6 Å². The Hall–Kier alpha value is -3.81. The molecule has 1 saturated heterocycles. The summed E-state index contributed by atoms with van der Waals surface area (Å²) in [7, 11) is 0. The Labute approximate surface area is 166 Å². The van der Waals surface area contributed by atoms with Crippen LogP contribution < -0.4 is 5.32 Å². The third kappa shape index (κ3) is 4.06. The molecule has 2 aromatic carbocycles. The van der Waals surface area contributed by atoms with Crippen LogP contribution in [0, 0.1) is 0 Å². The molecule has 0 unspecified atom stereocenters. The van der Waals surface area contributed by atoms with Crippen LogP contribution in [0.25, 0.3) is 0 Å². The molecule has 0 atom stereocenters. The van der Waals surface area contributed by atoms with Gasteiger partial charge in [0.1, 0.15) is 6.54 Å². The molecule has 2 heterocycles. The van der Waals surface area contributed by atoms with E-state index in [1.807, 2.05) is 60.7 Å². The number of likely N-dealkylation sites (tertiary alicyclic amines) is 1. The molecule has 0 saturated carbocycles. The van der Waals surface area contributed by atoms with Crippen molar-refractivity contribution in [3.63, 3.8) is 0 Å². The van der Waals surface area contributed by atoms with Gasteiger partial charge in [-0.05, 0) is 11.1 Å². The summed E-state index contributed by atoms with van der Waals surface area (Å²) in [5.74, 6) is -1.35. The first-order valence-electron chi connectivity index (χ1n) is 9.18. The lowest BCUT2D eigenvalue weighted by atomic mass is 9.90. The Bertz CT molecular complexity index is 978. The van der Waals surface area contributed by atoms with Crippen molar-refractivity contribution in [2.75, 3.05) is 5.32 Å². The van der Waals surface area contributed by atoms with Crippen molar-refractivity contribution in [1.82, 2.24) is 15.1 Å². The second-order valence-corrected chi connectivity index (χ2v) is 6.62. The van der Waals surface area contributed by atoms with Crippen molar-refractivity contribution >= 4 is 23.7 Å². The molecule has 3 amide bonds. The number of rotatable bonds is 6. The predicted molar refractivity (Wildman–Crippen MR) is 102 cm³/mol. The van der Waals surface area contributed by atoms with Crippen LogP contribution in [0.1, 0.15) is 35.8 Å². The molecule has 1 aliphatic rings. The zero-order valence-electron chi connectivity index (χ0n) is 15.4. The highest BCUT2D eigenvalue weighted by molar-refractivity contribution is 6.01. The Kier molecular flexibility index (Phi) is 5.15. The summed E-state index contributed by atoms with van der Waals surface area (Å²) in [6.07, 6.45) is 0.374. The lowest BCUT2D eigenvalue weighted by molar-refractivity contribution is -0.139. The lowest BCUT2D eigenvalue weighted by Gasteiger charge is -2.16. The smallest absolute Gasteiger partial charge is 0.322 e. The molecule has 0 aliphatic carbocycles. The van der Waals surface area contributed by atoms with Gasteiger partial charge in [0.15, 0.2) is 0 Å². The molecule has 0 spiro atoms. The minimum Gasteiger partial charge on any atom is -0.406 e. The van der Waals surface area contributed by atoms with E-state index >= 15 is 0 Å². The van der Waals surface area contributed by atoms with Crippen molar-refractivity contribution in [1.29, 1.82) is 0 Å². The van der Waals surface area contributed by atoms with Crippen LogP contribution in [0.5, 0.6) is 0 Å². The summed E-state index contributed by atoms with van der Waals surface area (Å²) in [6.45, 7) is -0.0959. The molecule has 29 heavy (non-hydrogen) atoms. The molecule has 4 rings (SSSR count). The third-order valence-corrected chi connectivity index (χ3v) is 4.67. The molecule has 0 radical (unpaired) electrons. The molecule has 1 fully saturated rings. The first kappa shape index (κ1) is 18.5. The maximum Gasteiger partial charge on any atom is 0.322 e. The van der Waals surface area contributed by atoms with Crippen LogP contribution in [0.15, 0.2) is 65.1 Å². The summed E-state index contributed by atoms with van der Waals surface area (Å²) >= 11 is 0. The number of nitrogens with zero attached hydrogens (tertiary/aromatic N) is 3. The van der Waals surface area contributed by atoms with E-state index in [0.717, 1.165) is 16.0 Å². The number of carbonyl (C=O) groups excluding carboxylic acids is 3. The highest BCUT2D eigenvalue weighted by atomic mass is 16.4. The fourth-order valence-corrected chi connectivity index (χ4v) is 3.27. The number of amides is 3. The lowest BCUT2D eigenvalue weighted by Crippen LogP contribution is -2.28. The summed E-state index contributed by atoms with van der Waals surface area (Å²) in [6, 6.07) is 18.7. The van der Waals surface area contributed by atoms with E-state index < -0.39 is 5.92 Å². The largest absolute Gasteiger partial charge is 0.406 e. The van der Waals surface area contributed by atoms with E-state index in [0.29, 0.717) is 0 Å². The molecule has 146 valence electrons.